The molecule has 0 saturated heterocycles. The quantitative estimate of drug-likeness (QED) is 0.697. The third-order valence-corrected chi connectivity index (χ3v) is 4.66. The zero-order chi connectivity index (χ0) is 16.0. The first-order valence-electron chi connectivity index (χ1n) is 6.05. The number of hydrogen-bond acceptors (Lipinski definition) is 5. The zero-order valence-electron chi connectivity index (χ0n) is 11.7. The van der Waals surface area contributed by atoms with E-state index in [4.69, 9.17) is 15.2 Å². The van der Waals surface area contributed by atoms with Crippen molar-refractivity contribution in [3.05, 3.63) is 28.0 Å². The summed E-state index contributed by atoms with van der Waals surface area (Å²) in [7, 11) is -1.11. The molecular formula is C12H18BrFN2O4S. The number of nitrogens with one attached hydrogen (secondary N) is 1. The third-order valence-electron chi connectivity index (χ3n) is 2.78. The molecule has 1 atom stereocenters. The Balaban J connectivity index is 3.00. The molecule has 9 heteroatoms. The highest BCUT2D eigenvalue weighted by molar-refractivity contribution is 9.10. The summed E-state index contributed by atoms with van der Waals surface area (Å²) >= 11 is 3.14. The summed E-state index contributed by atoms with van der Waals surface area (Å²) in [6, 6.07) is 2.63. The maximum Gasteiger partial charge on any atom is 0.243 e. The fraction of sp³-hybridized carbons (Fsp3) is 0.500. The van der Waals surface area contributed by atoms with Gasteiger partial charge in [0, 0.05) is 37.3 Å². The van der Waals surface area contributed by atoms with Crippen LogP contribution in [0.15, 0.2) is 21.5 Å². The predicted molar refractivity (Wildman–Crippen MR) is 79.9 cm³/mol. The summed E-state index contributed by atoms with van der Waals surface area (Å²) in [6.45, 7) is 0.0861. The summed E-state index contributed by atoms with van der Waals surface area (Å²) < 4.78 is 51.2. The van der Waals surface area contributed by atoms with Crippen LogP contribution in [0, 0.1) is 5.82 Å². The van der Waals surface area contributed by atoms with Crippen molar-refractivity contribution < 1.29 is 22.3 Å². The van der Waals surface area contributed by atoms with Crippen LogP contribution in [0.5, 0.6) is 0 Å². The minimum absolute atomic E-state index is 0.0312. The number of ether oxygens (including phenoxy) is 2. The number of sulfonamides is 1. The van der Waals surface area contributed by atoms with Crippen LogP contribution in [0.25, 0.3) is 0 Å². The van der Waals surface area contributed by atoms with E-state index in [0.717, 1.165) is 0 Å². The Kier molecular flexibility index (Phi) is 7.17. The molecular weight excluding hydrogens is 367 g/mol. The Bertz CT molecular complexity index is 583. The van der Waals surface area contributed by atoms with Gasteiger partial charge in [-0.05, 0) is 12.1 Å². The number of methoxy groups -OCH3 is 2. The van der Waals surface area contributed by atoms with Crippen molar-refractivity contribution in [1.82, 2.24) is 4.72 Å². The van der Waals surface area contributed by atoms with Gasteiger partial charge in [-0.15, -0.1) is 0 Å². The van der Waals surface area contributed by atoms with Crippen molar-refractivity contribution in [3.63, 3.8) is 0 Å². The normalized spacial score (nSPS) is 13.4. The van der Waals surface area contributed by atoms with Gasteiger partial charge in [0.2, 0.25) is 10.0 Å². The van der Waals surface area contributed by atoms with Crippen molar-refractivity contribution in [2.75, 3.05) is 27.4 Å². The number of benzene rings is 1. The van der Waals surface area contributed by atoms with Crippen LogP contribution in [0.1, 0.15) is 5.56 Å². The average molecular weight is 385 g/mol. The molecule has 0 heterocycles. The molecule has 1 rings (SSSR count). The maximum absolute atomic E-state index is 14.1. The molecule has 0 aliphatic rings. The fourth-order valence-electron chi connectivity index (χ4n) is 1.64. The van der Waals surface area contributed by atoms with E-state index in [2.05, 4.69) is 20.7 Å². The Morgan fingerprint density at radius 2 is 2.10 bits per heavy atom. The van der Waals surface area contributed by atoms with Crippen LogP contribution in [0.2, 0.25) is 0 Å². The molecule has 0 amide bonds. The molecule has 1 aromatic carbocycles. The van der Waals surface area contributed by atoms with Crippen molar-refractivity contribution in [1.29, 1.82) is 0 Å². The van der Waals surface area contributed by atoms with Crippen LogP contribution in [0.4, 0.5) is 4.39 Å². The molecule has 0 saturated carbocycles. The molecule has 0 aliphatic heterocycles. The third kappa shape index (κ3) is 4.97. The van der Waals surface area contributed by atoms with Crippen LogP contribution in [-0.4, -0.2) is 41.9 Å². The van der Waals surface area contributed by atoms with E-state index in [-0.39, 0.29) is 25.3 Å². The van der Waals surface area contributed by atoms with Gasteiger partial charge in [0.25, 0.3) is 0 Å². The van der Waals surface area contributed by atoms with Crippen LogP contribution >= 0.6 is 15.9 Å². The summed E-state index contributed by atoms with van der Waals surface area (Å²) in [5.41, 5.74) is 5.52. The maximum atomic E-state index is 14.1. The van der Waals surface area contributed by atoms with Gasteiger partial charge in [-0.2, -0.15) is 0 Å². The Morgan fingerprint density at radius 1 is 1.43 bits per heavy atom. The molecule has 1 unspecified atom stereocenters. The van der Waals surface area contributed by atoms with E-state index in [1.54, 1.807) is 0 Å². The summed E-state index contributed by atoms with van der Waals surface area (Å²) in [4.78, 5) is -0.454. The van der Waals surface area contributed by atoms with Crippen molar-refractivity contribution >= 4 is 26.0 Å². The molecule has 0 fully saturated rings. The van der Waals surface area contributed by atoms with E-state index in [9.17, 15) is 12.8 Å². The highest BCUT2D eigenvalue weighted by atomic mass is 79.9. The van der Waals surface area contributed by atoms with Crippen LogP contribution in [-0.2, 0) is 26.0 Å². The number of halogens is 2. The topological polar surface area (TPSA) is 90.7 Å². The molecule has 21 heavy (non-hydrogen) atoms. The second-order valence-electron chi connectivity index (χ2n) is 4.25. The smallest absolute Gasteiger partial charge is 0.243 e. The minimum Gasteiger partial charge on any atom is -0.382 e. The zero-order valence-corrected chi connectivity index (χ0v) is 14.1. The van der Waals surface area contributed by atoms with Gasteiger partial charge < -0.3 is 15.2 Å². The number of rotatable bonds is 8. The monoisotopic (exact) mass is 384 g/mol. The first-order chi connectivity index (χ1) is 9.85. The molecule has 1 aromatic rings. The van der Waals surface area contributed by atoms with E-state index in [1.165, 1.54) is 26.4 Å². The number of nitrogens with two attached hydrogens (primary N) is 1. The van der Waals surface area contributed by atoms with E-state index in [1.807, 2.05) is 0 Å². The lowest BCUT2D eigenvalue weighted by atomic mass is 10.2. The van der Waals surface area contributed by atoms with Gasteiger partial charge in [-0.1, -0.05) is 15.9 Å². The molecule has 0 aromatic heterocycles. The SMILES string of the molecule is COCC(CNS(=O)(=O)c1cc(Br)cc(CN)c1F)OC. The molecule has 120 valence electrons. The summed E-state index contributed by atoms with van der Waals surface area (Å²) in [5.74, 6) is -0.853. The standard InChI is InChI=1S/C12H18BrFN2O4S/c1-19-7-10(20-2)6-16-21(17,18)11-4-9(13)3-8(5-15)12(11)14/h3-4,10,16H,5-7,15H2,1-2H3. The Hall–Kier alpha value is -0.580. The minimum atomic E-state index is -4.02. The van der Waals surface area contributed by atoms with Crippen LogP contribution in [0.3, 0.4) is 0 Å². The lowest BCUT2D eigenvalue weighted by Gasteiger charge is -2.16. The van der Waals surface area contributed by atoms with E-state index < -0.39 is 26.8 Å². The second kappa shape index (κ2) is 8.16. The van der Waals surface area contributed by atoms with Crippen molar-refractivity contribution in [2.45, 2.75) is 17.5 Å². The van der Waals surface area contributed by atoms with Crippen molar-refractivity contribution in [3.8, 4) is 0 Å². The molecule has 6 nitrogen and oxygen atoms in total. The van der Waals surface area contributed by atoms with Crippen molar-refractivity contribution in [2.24, 2.45) is 5.73 Å². The second-order valence-corrected chi connectivity index (χ2v) is 6.90. The average Bonchev–Trinajstić information content (AvgIpc) is 2.45. The fourth-order valence-corrected chi connectivity index (χ4v) is 3.51. The van der Waals surface area contributed by atoms with Gasteiger partial charge in [0.15, 0.2) is 0 Å². The Morgan fingerprint density at radius 3 is 2.62 bits per heavy atom. The lowest BCUT2D eigenvalue weighted by molar-refractivity contribution is 0.0320. The highest BCUT2D eigenvalue weighted by Gasteiger charge is 2.23. The first-order valence-corrected chi connectivity index (χ1v) is 8.32. The lowest BCUT2D eigenvalue weighted by Crippen LogP contribution is -2.36. The summed E-state index contributed by atoms with van der Waals surface area (Å²) in [5, 5.41) is 0. The Labute approximate surface area is 132 Å². The van der Waals surface area contributed by atoms with Crippen LogP contribution < -0.4 is 10.5 Å². The molecule has 0 bridgehead atoms. The first kappa shape index (κ1) is 18.5. The highest BCUT2D eigenvalue weighted by Crippen LogP contribution is 2.23. The van der Waals surface area contributed by atoms with Gasteiger partial charge in [0.05, 0.1) is 12.7 Å². The predicted octanol–water partition coefficient (Wildman–Crippen LogP) is 0.987. The van der Waals surface area contributed by atoms with Gasteiger partial charge in [-0.3, -0.25) is 0 Å². The summed E-state index contributed by atoms with van der Waals surface area (Å²) in [6.07, 6.45) is -0.464. The largest absolute Gasteiger partial charge is 0.382 e. The van der Waals surface area contributed by atoms with E-state index in [0.29, 0.717) is 4.47 Å². The molecule has 0 radical (unpaired) electrons. The van der Waals surface area contributed by atoms with Gasteiger partial charge >= 0.3 is 0 Å². The molecule has 3 N–H and O–H groups in total. The molecule has 0 aliphatic carbocycles. The van der Waals surface area contributed by atoms with E-state index >= 15 is 0 Å². The van der Waals surface area contributed by atoms with Gasteiger partial charge in [0.1, 0.15) is 10.7 Å². The van der Waals surface area contributed by atoms with Gasteiger partial charge in [-0.25, -0.2) is 17.5 Å². The molecule has 0 spiro atoms. The number of hydrogen-bond donors (Lipinski definition) is 2.